The molecule has 0 aliphatic heterocycles. The summed E-state index contributed by atoms with van der Waals surface area (Å²) < 4.78 is 0. The molecule has 2 rings (SSSR count). The zero-order valence-electron chi connectivity index (χ0n) is 9.66. The molecule has 0 saturated heterocycles. The van der Waals surface area contributed by atoms with E-state index in [9.17, 15) is 4.79 Å². The van der Waals surface area contributed by atoms with E-state index in [1.807, 2.05) is 13.0 Å². The van der Waals surface area contributed by atoms with Gasteiger partial charge in [0.25, 0.3) is 5.91 Å². The van der Waals surface area contributed by atoms with Gasteiger partial charge in [-0.3, -0.25) is 4.79 Å². The monoisotopic (exact) mass is 219 g/mol. The number of aromatic nitrogens is 1. The van der Waals surface area contributed by atoms with Crippen LogP contribution in [0.2, 0.25) is 0 Å². The molecule has 2 N–H and O–H groups in total. The predicted octanol–water partition coefficient (Wildman–Crippen LogP) is 1.65. The molecule has 0 bridgehead atoms. The first-order chi connectivity index (χ1) is 7.70. The molecule has 0 radical (unpaired) electrons. The fourth-order valence-corrected chi connectivity index (χ4v) is 1.60. The van der Waals surface area contributed by atoms with Gasteiger partial charge in [0.1, 0.15) is 5.69 Å². The Hall–Kier alpha value is -1.58. The molecule has 2 atom stereocenters. The smallest absolute Gasteiger partial charge is 0.270 e. The second-order valence-corrected chi connectivity index (χ2v) is 4.26. The van der Waals surface area contributed by atoms with Gasteiger partial charge in [-0.1, -0.05) is 6.92 Å². The summed E-state index contributed by atoms with van der Waals surface area (Å²) in [5.74, 6) is 0.544. The summed E-state index contributed by atoms with van der Waals surface area (Å²) >= 11 is 0. The van der Waals surface area contributed by atoms with E-state index in [0.717, 1.165) is 18.7 Å². The van der Waals surface area contributed by atoms with E-state index in [1.54, 1.807) is 12.3 Å². The summed E-state index contributed by atoms with van der Waals surface area (Å²) in [5.41, 5.74) is 1.43. The minimum Gasteiger partial charge on any atom is -0.384 e. The van der Waals surface area contributed by atoms with Crippen LogP contribution in [0.3, 0.4) is 0 Å². The molecule has 1 fully saturated rings. The Morgan fingerprint density at radius 2 is 2.31 bits per heavy atom. The average Bonchev–Trinajstić information content (AvgIpc) is 2.95. The Morgan fingerprint density at radius 1 is 1.56 bits per heavy atom. The molecule has 1 saturated carbocycles. The van der Waals surface area contributed by atoms with Gasteiger partial charge in [0.2, 0.25) is 0 Å². The van der Waals surface area contributed by atoms with Gasteiger partial charge in [-0.2, -0.15) is 0 Å². The largest absolute Gasteiger partial charge is 0.384 e. The van der Waals surface area contributed by atoms with Crippen LogP contribution in [0.15, 0.2) is 18.3 Å². The van der Waals surface area contributed by atoms with Gasteiger partial charge in [-0.15, -0.1) is 0 Å². The Labute approximate surface area is 95.5 Å². The van der Waals surface area contributed by atoms with E-state index in [2.05, 4.69) is 22.5 Å². The summed E-state index contributed by atoms with van der Waals surface area (Å²) in [4.78, 5) is 15.8. The lowest BCUT2D eigenvalue weighted by atomic mass is 10.3. The number of carbonyl (C=O) groups is 1. The van der Waals surface area contributed by atoms with Crippen molar-refractivity contribution in [3.8, 4) is 0 Å². The Kier molecular flexibility index (Phi) is 3.08. The van der Waals surface area contributed by atoms with Crippen LogP contribution in [0, 0.1) is 5.92 Å². The van der Waals surface area contributed by atoms with Crippen molar-refractivity contribution in [2.45, 2.75) is 26.3 Å². The van der Waals surface area contributed by atoms with Crippen LogP contribution in [0.4, 0.5) is 5.69 Å². The molecule has 1 aromatic rings. The van der Waals surface area contributed by atoms with Crippen molar-refractivity contribution in [1.82, 2.24) is 10.3 Å². The maximum absolute atomic E-state index is 11.7. The summed E-state index contributed by atoms with van der Waals surface area (Å²) in [7, 11) is 0. The van der Waals surface area contributed by atoms with Crippen molar-refractivity contribution in [1.29, 1.82) is 0 Å². The highest BCUT2D eigenvalue weighted by Crippen LogP contribution is 2.29. The topological polar surface area (TPSA) is 54.0 Å². The summed E-state index contributed by atoms with van der Waals surface area (Å²) in [6, 6.07) is 3.98. The Balaban J connectivity index is 1.95. The van der Waals surface area contributed by atoms with Gasteiger partial charge in [-0.05, 0) is 31.4 Å². The van der Waals surface area contributed by atoms with Gasteiger partial charge in [0.05, 0.1) is 11.9 Å². The normalized spacial score (nSPS) is 22.6. The molecule has 1 aromatic heterocycles. The number of nitrogens with one attached hydrogen (secondary N) is 2. The maximum Gasteiger partial charge on any atom is 0.270 e. The molecular formula is C12H17N3O. The van der Waals surface area contributed by atoms with E-state index >= 15 is 0 Å². The van der Waals surface area contributed by atoms with E-state index in [1.165, 1.54) is 0 Å². The molecular weight excluding hydrogens is 202 g/mol. The number of pyridine rings is 1. The van der Waals surface area contributed by atoms with Crippen LogP contribution in [0.25, 0.3) is 0 Å². The number of hydrogen-bond donors (Lipinski definition) is 2. The van der Waals surface area contributed by atoms with Crippen LogP contribution in [-0.2, 0) is 0 Å². The zero-order chi connectivity index (χ0) is 11.5. The first kappa shape index (κ1) is 10.9. The third-order valence-corrected chi connectivity index (χ3v) is 2.80. The van der Waals surface area contributed by atoms with Gasteiger partial charge in [-0.25, -0.2) is 4.98 Å². The van der Waals surface area contributed by atoms with Crippen molar-refractivity contribution in [2.24, 2.45) is 5.92 Å². The third kappa shape index (κ3) is 2.51. The minimum absolute atomic E-state index is 0.0719. The van der Waals surface area contributed by atoms with Crippen LogP contribution in [0.5, 0.6) is 0 Å². The summed E-state index contributed by atoms with van der Waals surface area (Å²) in [6.45, 7) is 5.01. The average molecular weight is 219 g/mol. The van der Waals surface area contributed by atoms with Crippen molar-refractivity contribution >= 4 is 11.6 Å². The van der Waals surface area contributed by atoms with Crippen LogP contribution < -0.4 is 10.6 Å². The van der Waals surface area contributed by atoms with Crippen molar-refractivity contribution in [3.63, 3.8) is 0 Å². The van der Waals surface area contributed by atoms with Crippen LogP contribution in [-0.4, -0.2) is 23.5 Å². The van der Waals surface area contributed by atoms with Crippen molar-refractivity contribution in [2.75, 3.05) is 11.9 Å². The molecule has 0 aromatic carbocycles. The number of anilines is 1. The Bertz CT molecular complexity index is 374. The molecule has 0 spiro atoms. The summed E-state index contributed by atoms with van der Waals surface area (Å²) in [6.07, 6.45) is 2.77. The van der Waals surface area contributed by atoms with Gasteiger partial charge in [0.15, 0.2) is 0 Å². The molecule has 1 amide bonds. The maximum atomic E-state index is 11.7. The zero-order valence-corrected chi connectivity index (χ0v) is 9.66. The molecule has 4 nitrogen and oxygen atoms in total. The second kappa shape index (κ2) is 4.51. The Morgan fingerprint density at radius 3 is 2.81 bits per heavy atom. The quantitative estimate of drug-likeness (QED) is 0.809. The number of amides is 1. The third-order valence-electron chi connectivity index (χ3n) is 2.80. The number of nitrogens with zero attached hydrogens (tertiary/aromatic N) is 1. The van der Waals surface area contributed by atoms with Crippen molar-refractivity contribution < 1.29 is 4.79 Å². The SMILES string of the molecule is CCNc1ccc(C(=O)NC2CC2C)nc1. The highest BCUT2D eigenvalue weighted by atomic mass is 16.2. The molecule has 1 aliphatic rings. The van der Waals surface area contributed by atoms with E-state index in [-0.39, 0.29) is 5.91 Å². The lowest BCUT2D eigenvalue weighted by molar-refractivity contribution is 0.0944. The molecule has 16 heavy (non-hydrogen) atoms. The first-order valence-corrected chi connectivity index (χ1v) is 5.71. The van der Waals surface area contributed by atoms with Crippen LogP contribution in [0.1, 0.15) is 30.8 Å². The lowest BCUT2D eigenvalue weighted by Crippen LogP contribution is -2.27. The van der Waals surface area contributed by atoms with E-state index in [4.69, 9.17) is 0 Å². The van der Waals surface area contributed by atoms with Crippen molar-refractivity contribution in [3.05, 3.63) is 24.0 Å². The van der Waals surface area contributed by atoms with Gasteiger partial charge >= 0.3 is 0 Å². The molecule has 4 heteroatoms. The molecule has 2 unspecified atom stereocenters. The molecule has 1 aliphatic carbocycles. The molecule has 1 heterocycles. The molecule has 86 valence electrons. The predicted molar refractivity (Wildman–Crippen MR) is 63.4 cm³/mol. The van der Waals surface area contributed by atoms with E-state index in [0.29, 0.717) is 17.7 Å². The fourth-order valence-electron chi connectivity index (χ4n) is 1.60. The number of rotatable bonds is 4. The fraction of sp³-hybridized carbons (Fsp3) is 0.500. The van der Waals surface area contributed by atoms with Gasteiger partial charge in [0, 0.05) is 12.6 Å². The summed E-state index contributed by atoms with van der Waals surface area (Å²) in [5, 5.41) is 6.09. The standard InChI is InChI=1S/C12H17N3O/c1-3-13-9-4-5-10(14-7-9)12(16)15-11-6-8(11)2/h4-5,7-8,11,13H,3,6H2,1-2H3,(H,15,16). The lowest BCUT2D eigenvalue weighted by Gasteiger charge is -2.05. The number of carbonyl (C=O) groups excluding carboxylic acids is 1. The highest BCUT2D eigenvalue weighted by Gasteiger charge is 2.34. The highest BCUT2D eigenvalue weighted by molar-refractivity contribution is 5.92. The first-order valence-electron chi connectivity index (χ1n) is 5.71. The minimum atomic E-state index is -0.0719. The van der Waals surface area contributed by atoms with E-state index < -0.39 is 0 Å². The van der Waals surface area contributed by atoms with Gasteiger partial charge < -0.3 is 10.6 Å². The number of hydrogen-bond acceptors (Lipinski definition) is 3. The second-order valence-electron chi connectivity index (χ2n) is 4.26. The van der Waals surface area contributed by atoms with Crippen LogP contribution >= 0.6 is 0 Å².